The van der Waals surface area contributed by atoms with Crippen molar-refractivity contribution in [2.75, 3.05) is 32.7 Å². The van der Waals surface area contributed by atoms with Crippen LogP contribution in [0.1, 0.15) is 19.3 Å². The molecule has 0 aromatic heterocycles. The van der Waals surface area contributed by atoms with E-state index in [1.54, 1.807) is 0 Å². The van der Waals surface area contributed by atoms with E-state index in [9.17, 15) is 4.79 Å². The summed E-state index contributed by atoms with van der Waals surface area (Å²) in [7, 11) is 0. The van der Waals surface area contributed by atoms with Crippen LogP contribution in [0.4, 0.5) is 0 Å². The van der Waals surface area contributed by atoms with Gasteiger partial charge in [-0.25, -0.2) is 0 Å². The Balaban J connectivity index is 1.95. The molecular formula is C10H19N3O. The van der Waals surface area contributed by atoms with Gasteiger partial charge in [0.15, 0.2) is 0 Å². The molecule has 0 aromatic carbocycles. The number of hydrogen-bond acceptors (Lipinski definition) is 3. The largest absolute Gasteiger partial charge is 0.355 e. The lowest BCUT2D eigenvalue weighted by Crippen LogP contribution is -2.53. The second kappa shape index (κ2) is 4.75. The minimum Gasteiger partial charge on any atom is -0.355 e. The van der Waals surface area contributed by atoms with Gasteiger partial charge in [0, 0.05) is 32.7 Å². The number of hydrogen-bond donors (Lipinski definition) is 2. The van der Waals surface area contributed by atoms with Crippen LogP contribution in [0.15, 0.2) is 0 Å². The van der Waals surface area contributed by atoms with Crippen LogP contribution < -0.4 is 10.6 Å². The van der Waals surface area contributed by atoms with Gasteiger partial charge in [0.1, 0.15) is 0 Å². The van der Waals surface area contributed by atoms with Gasteiger partial charge in [0.25, 0.3) is 0 Å². The molecule has 2 N–H and O–H groups in total. The maximum absolute atomic E-state index is 11.7. The van der Waals surface area contributed by atoms with Crippen molar-refractivity contribution >= 4 is 5.91 Å². The third-order valence-corrected chi connectivity index (χ3v) is 3.10. The van der Waals surface area contributed by atoms with E-state index in [0.717, 1.165) is 45.6 Å². The molecule has 1 amide bonds. The first kappa shape index (κ1) is 9.93. The molecule has 2 saturated heterocycles. The standard InChI is InChI=1S/C10H19N3O/c14-10-9(3-1-2-4-12-10)13-7-5-11-6-8-13/h9,11H,1-8H2,(H,12,14). The SMILES string of the molecule is O=C1NCCCCC1N1CCNCC1. The Bertz CT molecular complexity index is 202. The van der Waals surface area contributed by atoms with E-state index in [1.165, 1.54) is 6.42 Å². The summed E-state index contributed by atoms with van der Waals surface area (Å²) >= 11 is 0. The molecule has 0 aliphatic carbocycles. The topological polar surface area (TPSA) is 44.4 Å². The quantitative estimate of drug-likeness (QED) is 0.599. The minimum atomic E-state index is 0.139. The lowest BCUT2D eigenvalue weighted by Gasteiger charge is -2.33. The molecule has 1 atom stereocenters. The van der Waals surface area contributed by atoms with Crippen LogP contribution in [0.25, 0.3) is 0 Å². The molecule has 0 aromatic rings. The molecule has 2 rings (SSSR count). The van der Waals surface area contributed by atoms with Crippen LogP contribution in [0.2, 0.25) is 0 Å². The lowest BCUT2D eigenvalue weighted by molar-refractivity contribution is -0.126. The normalized spacial score (nSPS) is 30.9. The zero-order chi connectivity index (χ0) is 9.80. The van der Waals surface area contributed by atoms with E-state index < -0.39 is 0 Å². The van der Waals surface area contributed by atoms with Crippen LogP contribution in [0, 0.1) is 0 Å². The highest BCUT2D eigenvalue weighted by Gasteiger charge is 2.27. The molecule has 2 aliphatic heterocycles. The fraction of sp³-hybridized carbons (Fsp3) is 0.900. The Morgan fingerprint density at radius 3 is 2.71 bits per heavy atom. The van der Waals surface area contributed by atoms with Crippen molar-refractivity contribution < 1.29 is 4.79 Å². The van der Waals surface area contributed by atoms with Crippen molar-refractivity contribution in [3.05, 3.63) is 0 Å². The molecule has 0 saturated carbocycles. The van der Waals surface area contributed by atoms with E-state index in [2.05, 4.69) is 15.5 Å². The van der Waals surface area contributed by atoms with Gasteiger partial charge in [-0.3, -0.25) is 9.69 Å². The number of nitrogens with zero attached hydrogens (tertiary/aromatic N) is 1. The van der Waals surface area contributed by atoms with Crippen LogP contribution in [-0.2, 0) is 4.79 Å². The predicted octanol–water partition coefficient (Wildman–Crippen LogP) is -0.440. The molecule has 4 nitrogen and oxygen atoms in total. The monoisotopic (exact) mass is 197 g/mol. The molecule has 1 unspecified atom stereocenters. The highest BCUT2D eigenvalue weighted by molar-refractivity contribution is 5.81. The number of carbonyl (C=O) groups excluding carboxylic acids is 1. The van der Waals surface area contributed by atoms with Crippen molar-refractivity contribution in [3.8, 4) is 0 Å². The molecule has 0 spiro atoms. The van der Waals surface area contributed by atoms with Gasteiger partial charge in [-0.05, 0) is 19.3 Å². The average molecular weight is 197 g/mol. The fourth-order valence-electron chi connectivity index (χ4n) is 2.27. The molecule has 2 fully saturated rings. The smallest absolute Gasteiger partial charge is 0.237 e. The molecule has 2 heterocycles. The van der Waals surface area contributed by atoms with Crippen LogP contribution in [-0.4, -0.2) is 49.6 Å². The van der Waals surface area contributed by atoms with Crippen molar-refractivity contribution in [1.82, 2.24) is 15.5 Å². The Labute approximate surface area is 85.0 Å². The maximum Gasteiger partial charge on any atom is 0.237 e. The summed E-state index contributed by atoms with van der Waals surface area (Å²) < 4.78 is 0. The number of rotatable bonds is 1. The first-order chi connectivity index (χ1) is 6.88. The number of amides is 1. The summed E-state index contributed by atoms with van der Waals surface area (Å²) in [6.07, 6.45) is 3.34. The number of carbonyl (C=O) groups is 1. The first-order valence-electron chi connectivity index (χ1n) is 5.60. The van der Waals surface area contributed by atoms with Gasteiger partial charge in [0.05, 0.1) is 6.04 Å². The van der Waals surface area contributed by atoms with Crippen molar-refractivity contribution in [1.29, 1.82) is 0 Å². The second-order valence-electron chi connectivity index (χ2n) is 4.09. The van der Waals surface area contributed by atoms with Gasteiger partial charge >= 0.3 is 0 Å². The molecular weight excluding hydrogens is 178 g/mol. The van der Waals surface area contributed by atoms with Gasteiger partial charge in [0.2, 0.25) is 5.91 Å². The predicted molar refractivity (Wildman–Crippen MR) is 55.1 cm³/mol. The Hall–Kier alpha value is -0.610. The zero-order valence-corrected chi connectivity index (χ0v) is 8.59. The van der Waals surface area contributed by atoms with Crippen molar-refractivity contribution in [3.63, 3.8) is 0 Å². The summed E-state index contributed by atoms with van der Waals surface area (Å²) in [5.74, 6) is 0.240. The fourth-order valence-corrected chi connectivity index (χ4v) is 2.27. The van der Waals surface area contributed by atoms with Gasteiger partial charge in [-0.2, -0.15) is 0 Å². The van der Waals surface area contributed by atoms with Gasteiger partial charge in [-0.1, -0.05) is 0 Å². The van der Waals surface area contributed by atoms with Gasteiger partial charge < -0.3 is 10.6 Å². The molecule has 4 heteroatoms. The Morgan fingerprint density at radius 2 is 1.93 bits per heavy atom. The molecule has 0 bridgehead atoms. The molecule has 80 valence electrons. The number of piperazine rings is 1. The Kier molecular flexibility index (Phi) is 3.37. The second-order valence-corrected chi connectivity index (χ2v) is 4.09. The molecule has 14 heavy (non-hydrogen) atoms. The third-order valence-electron chi connectivity index (χ3n) is 3.10. The Morgan fingerprint density at radius 1 is 1.14 bits per heavy atom. The molecule has 2 aliphatic rings. The summed E-state index contributed by atoms with van der Waals surface area (Å²) in [4.78, 5) is 14.1. The summed E-state index contributed by atoms with van der Waals surface area (Å²) in [6.45, 7) is 4.92. The summed E-state index contributed by atoms with van der Waals surface area (Å²) in [5, 5.41) is 6.30. The lowest BCUT2D eigenvalue weighted by atomic mass is 10.1. The molecule has 0 radical (unpaired) electrons. The third kappa shape index (κ3) is 2.25. The van der Waals surface area contributed by atoms with Crippen molar-refractivity contribution in [2.24, 2.45) is 0 Å². The summed E-state index contributed by atoms with van der Waals surface area (Å²) in [6, 6.07) is 0.139. The van der Waals surface area contributed by atoms with Crippen LogP contribution in [0.3, 0.4) is 0 Å². The zero-order valence-electron chi connectivity index (χ0n) is 8.59. The van der Waals surface area contributed by atoms with E-state index in [4.69, 9.17) is 0 Å². The maximum atomic E-state index is 11.7. The highest BCUT2D eigenvalue weighted by Crippen LogP contribution is 2.12. The highest BCUT2D eigenvalue weighted by atomic mass is 16.2. The average Bonchev–Trinajstić information content (AvgIpc) is 2.44. The summed E-state index contributed by atoms with van der Waals surface area (Å²) in [5.41, 5.74) is 0. The van der Waals surface area contributed by atoms with E-state index in [0.29, 0.717) is 0 Å². The van der Waals surface area contributed by atoms with E-state index >= 15 is 0 Å². The van der Waals surface area contributed by atoms with Gasteiger partial charge in [-0.15, -0.1) is 0 Å². The van der Waals surface area contributed by atoms with E-state index in [-0.39, 0.29) is 11.9 Å². The minimum absolute atomic E-state index is 0.139. The van der Waals surface area contributed by atoms with E-state index in [1.807, 2.05) is 0 Å². The first-order valence-corrected chi connectivity index (χ1v) is 5.60. The number of nitrogens with one attached hydrogen (secondary N) is 2. The van der Waals surface area contributed by atoms with Crippen LogP contribution in [0.5, 0.6) is 0 Å². The van der Waals surface area contributed by atoms with Crippen molar-refractivity contribution in [2.45, 2.75) is 25.3 Å². The van der Waals surface area contributed by atoms with Crippen LogP contribution >= 0.6 is 0 Å².